The van der Waals surface area contributed by atoms with Crippen molar-refractivity contribution in [2.75, 3.05) is 26.7 Å². The van der Waals surface area contributed by atoms with E-state index < -0.39 is 10.0 Å². The molecule has 2 aliphatic rings. The molecule has 7 heteroatoms. The van der Waals surface area contributed by atoms with E-state index in [-0.39, 0.29) is 23.4 Å². The van der Waals surface area contributed by atoms with Gasteiger partial charge in [-0.3, -0.25) is 4.90 Å². The SMILES string of the molecule is COc1ccc2c(c1)CCC1(CCCCN1CCCC(CCNS(=O)(=O)c1ccc(C)cc1)(c1ccccc1)c1ccccc1)C2.Cl. The molecule has 5 nitrogen and oxygen atoms in total. The number of hydrogen-bond acceptors (Lipinski definition) is 4. The summed E-state index contributed by atoms with van der Waals surface area (Å²) in [6.07, 6.45) is 9.84. The molecular weight excluding hydrogens is 624 g/mol. The number of aryl methyl sites for hydroxylation is 2. The average molecular weight is 673 g/mol. The van der Waals surface area contributed by atoms with Crippen molar-refractivity contribution in [3.63, 3.8) is 0 Å². The minimum atomic E-state index is -3.62. The van der Waals surface area contributed by atoms with E-state index in [4.69, 9.17) is 4.74 Å². The number of sulfonamides is 1. The second-order valence-corrected chi connectivity index (χ2v) is 15.1. The Morgan fingerprint density at radius 3 is 2.17 bits per heavy atom. The Kier molecular flexibility index (Phi) is 11.5. The summed E-state index contributed by atoms with van der Waals surface area (Å²) in [4.78, 5) is 3.12. The van der Waals surface area contributed by atoms with Crippen LogP contribution in [0.2, 0.25) is 0 Å². The Labute approximate surface area is 288 Å². The van der Waals surface area contributed by atoms with Crippen molar-refractivity contribution < 1.29 is 13.2 Å². The molecule has 1 aliphatic heterocycles. The third-order valence-corrected chi connectivity index (χ3v) is 12.1. The first-order chi connectivity index (χ1) is 22.3. The number of halogens is 1. The molecule has 0 bridgehead atoms. The van der Waals surface area contributed by atoms with Gasteiger partial charge in [0.25, 0.3) is 0 Å². The number of fused-ring (bicyclic) bond motifs is 1. The van der Waals surface area contributed by atoms with Crippen molar-refractivity contribution in [2.24, 2.45) is 0 Å². The lowest BCUT2D eigenvalue weighted by molar-refractivity contribution is 0.0313. The molecule has 1 aliphatic carbocycles. The molecule has 1 atom stereocenters. The maximum Gasteiger partial charge on any atom is 0.240 e. The number of nitrogens with one attached hydrogen (secondary N) is 1. The first-order valence-corrected chi connectivity index (χ1v) is 18.4. The summed E-state index contributed by atoms with van der Waals surface area (Å²) >= 11 is 0. The molecule has 1 N–H and O–H groups in total. The summed E-state index contributed by atoms with van der Waals surface area (Å²) in [5, 5.41) is 0. The lowest BCUT2D eigenvalue weighted by Crippen LogP contribution is -2.55. The molecule has 1 fully saturated rings. The number of nitrogens with zero attached hydrogens (tertiary/aromatic N) is 1. The average Bonchev–Trinajstić information content (AvgIpc) is 3.09. The third kappa shape index (κ3) is 7.78. The molecule has 250 valence electrons. The van der Waals surface area contributed by atoms with Gasteiger partial charge in [-0.2, -0.15) is 0 Å². The Hall–Kier alpha value is -3.16. The molecule has 0 radical (unpaired) electrons. The Morgan fingerprint density at radius 2 is 1.51 bits per heavy atom. The molecule has 0 amide bonds. The maximum absolute atomic E-state index is 13.3. The van der Waals surface area contributed by atoms with Crippen LogP contribution in [0.25, 0.3) is 0 Å². The van der Waals surface area contributed by atoms with Crippen LogP contribution in [-0.2, 0) is 28.3 Å². The van der Waals surface area contributed by atoms with Gasteiger partial charge < -0.3 is 4.74 Å². The fraction of sp³-hybridized carbons (Fsp3) is 0.400. The Balaban J connectivity index is 0.00000433. The third-order valence-electron chi connectivity index (χ3n) is 10.6. The first kappa shape index (κ1) is 35.2. The number of hydrogen-bond donors (Lipinski definition) is 1. The molecule has 1 unspecified atom stereocenters. The van der Waals surface area contributed by atoms with Crippen molar-refractivity contribution >= 4 is 22.4 Å². The van der Waals surface area contributed by atoms with Crippen LogP contribution in [0.1, 0.15) is 72.8 Å². The van der Waals surface area contributed by atoms with E-state index in [1.807, 2.05) is 19.1 Å². The van der Waals surface area contributed by atoms with E-state index in [9.17, 15) is 8.42 Å². The van der Waals surface area contributed by atoms with Gasteiger partial charge in [-0.1, -0.05) is 90.8 Å². The fourth-order valence-corrected chi connectivity index (χ4v) is 9.12. The zero-order valence-corrected chi connectivity index (χ0v) is 29.4. The lowest BCUT2D eigenvalue weighted by atomic mass is 9.68. The molecule has 47 heavy (non-hydrogen) atoms. The normalized spacial score (nSPS) is 18.3. The highest BCUT2D eigenvalue weighted by Crippen LogP contribution is 2.43. The second-order valence-electron chi connectivity index (χ2n) is 13.4. The number of piperidine rings is 1. The van der Waals surface area contributed by atoms with Gasteiger partial charge in [-0.15, -0.1) is 12.4 Å². The summed E-state index contributed by atoms with van der Waals surface area (Å²) in [6.45, 7) is 4.51. The minimum Gasteiger partial charge on any atom is -0.497 e. The van der Waals surface area contributed by atoms with Crippen LogP contribution >= 0.6 is 12.4 Å². The van der Waals surface area contributed by atoms with Crippen molar-refractivity contribution in [3.05, 3.63) is 131 Å². The fourth-order valence-electron chi connectivity index (χ4n) is 8.08. The molecule has 6 rings (SSSR count). The monoisotopic (exact) mass is 672 g/mol. The van der Waals surface area contributed by atoms with E-state index in [1.54, 1.807) is 19.2 Å². The zero-order valence-electron chi connectivity index (χ0n) is 27.8. The summed E-state index contributed by atoms with van der Waals surface area (Å²) in [5.41, 5.74) is 6.33. The number of likely N-dealkylation sites (tertiary alicyclic amines) is 1. The van der Waals surface area contributed by atoms with Crippen molar-refractivity contribution in [2.45, 2.75) is 80.6 Å². The number of benzene rings is 4. The minimum absolute atomic E-state index is 0. The van der Waals surface area contributed by atoms with Crippen LogP contribution in [0.5, 0.6) is 5.75 Å². The van der Waals surface area contributed by atoms with E-state index in [1.165, 1.54) is 47.9 Å². The van der Waals surface area contributed by atoms with Crippen LogP contribution < -0.4 is 9.46 Å². The van der Waals surface area contributed by atoms with E-state index in [0.717, 1.165) is 50.1 Å². The lowest BCUT2D eigenvalue weighted by Gasteiger charge is -2.50. The van der Waals surface area contributed by atoms with Crippen LogP contribution in [0.15, 0.2) is 108 Å². The standard InChI is InChI=1S/C40H48N2O3S.ClH/c1-32-16-20-38(21-17-32)46(43,44)41-27-26-40(35-12-5-3-6-13-35,36-14-7-4-8-15-36)24-11-29-42-28-10-9-23-39(42)25-22-33-30-37(45-2)19-18-34(33)31-39;/h3-8,12-21,30,41H,9-11,22-29,31H2,1-2H3;1H. The zero-order chi connectivity index (χ0) is 32.0. The molecule has 1 saturated heterocycles. The smallest absolute Gasteiger partial charge is 0.240 e. The largest absolute Gasteiger partial charge is 0.497 e. The molecule has 1 spiro atoms. The number of ether oxygens (including phenoxy) is 1. The van der Waals surface area contributed by atoms with Crippen molar-refractivity contribution in [3.8, 4) is 5.75 Å². The highest BCUT2D eigenvalue weighted by Gasteiger charge is 2.42. The van der Waals surface area contributed by atoms with E-state index in [2.05, 4.69) is 88.5 Å². The van der Waals surface area contributed by atoms with Crippen LogP contribution in [-0.4, -0.2) is 45.6 Å². The van der Waals surface area contributed by atoms with Gasteiger partial charge in [-0.05, 0) is 118 Å². The van der Waals surface area contributed by atoms with Gasteiger partial charge in [0.1, 0.15) is 5.75 Å². The van der Waals surface area contributed by atoms with Gasteiger partial charge in [0.15, 0.2) is 0 Å². The summed E-state index contributed by atoms with van der Waals surface area (Å²) in [6, 6.07) is 35.1. The highest BCUT2D eigenvalue weighted by molar-refractivity contribution is 7.89. The summed E-state index contributed by atoms with van der Waals surface area (Å²) in [5.74, 6) is 0.953. The summed E-state index contributed by atoms with van der Waals surface area (Å²) < 4.78 is 35.1. The van der Waals surface area contributed by atoms with E-state index in [0.29, 0.717) is 17.9 Å². The Bertz CT molecular complexity index is 1660. The molecule has 1 heterocycles. The second kappa shape index (κ2) is 15.4. The van der Waals surface area contributed by atoms with E-state index >= 15 is 0 Å². The molecule has 0 saturated carbocycles. The number of rotatable bonds is 12. The van der Waals surface area contributed by atoms with Gasteiger partial charge in [0.2, 0.25) is 10.0 Å². The van der Waals surface area contributed by atoms with Crippen molar-refractivity contribution in [1.82, 2.24) is 9.62 Å². The van der Waals surface area contributed by atoms with Gasteiger partial charge in [-0.25, -0.2) is 13.1 Å². The number of methoxy groups -OCH3 is 1. The van der Waals surface area contributed by atoms with Crippen LogP contribution in [0.3, 0.4) is 0 Å². The molecule has 4 aromatic rings. The van der Waals surface area contributed by atoms with Gasteiger partial charge >= 0.3 is 0 Å². The Morgan fingerprint density at radius 1 is 0.830 bits per heavy atom. The highest BCUT2D eigenvalue weighted by atomic mass is 35.5. The predicted octanol–water partition coefficient (Wildman–Crippen LogP) is 8.27. The summed E-state index contributed by atoms with van der Waals surface area (Å²) in [7, 11) is -1.87. The van der Waals surface area contributed by atoms with Crippen LogP contribution in [0.4, 0.5) is 0 Å². The quantitative estimate of drug-likeness (QED) is 0.165. The predicted molar refractivity (Wildman–Crippen MR) is 194 cm³/mol. The molecular formula is C40H49ClN2O3S. The van der Waals surface area contributed by atoms with Gasteiger partial charge in [0, 0.05) is 17.5 Å². The first-order valence-electron chi connectivity index (χ1n) is 16.9. The van der Waals surface area contributed by atoms with Crippen molar-refractivity contribution in [1.29, 1.82) is 0 Å². The van der Waals surface area contributed by atoms with Gasteiger partial charge in [0.05, 0.1) is 12.0 Å². The molecule has 0 aromatic heterocycles. The van der Waals surface area contributed by atoms with Crippen LogP contribution in [0, 0.1) is 6.92 Å². The topological polar surface area (TPSA) is 58.6 Å². The maximum atomic E-state index is 13.3. The molecule has 4 aromatic carbocycles.